The highest BCUT2D eigenvalue weighted by Gasteiger charge is 2.23. The Morgan fingerprint density at radius 2 is 1.71 bits per heavy atom. The molecule has 94 valence electrons. The zero-order valence-corrected chi connectivity index (χ0v) is 10.3. The highest BCUT2D eigenvalue weighted by Crippen LogP contribution is 2.42. The van der Waals surface area contributed by atoms with Gasteiger partial charge in [0.05, 0.1) is 21.3 Å². The van der Waals surface area contributed by atoms with Crippen LogP contribution in [-0.4, -0.2) is 32.2 Å². The van der Waals surface area contributed by atoms with Gasteiger partial charge in [-0.2, -0.15) is 0 Å². The van der Waals surface area contributed by atoms with E-state index in [0.29, 0.717) is 22.8 Å². The second-order valence-corrected chi connectivity index (χ2v) is 3.44. The predicted molar refractivity (Wildman–Crippen MR) is 61.7 cm³/mol. The number of Topliss-reactive ketones (excluding diaryl/α,β-unsaturated/α-hetero) is 1. The van der Waals surface area contributed by atoms with E-state index in [4.69, 9.17) is 14.2 Å². The van der Waals surface area contributed by atoms with Gasteiger partial charge in [0.2, 0.25) is 5.75 Å². The summed E-state index contributed by atoms with van der Waals surface area (Å²) in [6, 6.07) is 3.19. The Kier molecular flexibility index (Phi) is 4.34. The molecular weight excluding hydrogens is 224 g/mol. The van der Waals surface area contributed by atoms with Crippen molar-refractivity contribution in [1.29, 1.82) is 0 Å². The van der Waals surface area contributed by atoms with Crippen LogP contribution in [0.1, 0.15) is 18.6 Å². The molecule has 0 amide bonds. The summed E-state index contributed by atoms with van der Waals surface area (Å²) in [7, 11) is 4.40. The lowest BCUT2D eigenvalue weighted by Crippen LogP contribution is -2.10. The van der Waals surface area contributed by atoms with Crippen LogP contribution in [0, 0.1) is 0 Å². The van der Waals surface area contributed by atoms with Gasteiger partial charge in [-0.25, -0.2) is 0 Å². The average molecular weight is 240 g/mol. The maximum absolute atomic E-state index is 11.2. The summed E-state index contributed by atoms with van der Waals surface area (Å²) >= 11 is 0. The summed E-state index contributed by atoms with van der Waals surface area (Å²) in [6.07, 6.45) is -1.23. The molecule has 0 aliphatic rings. The summed E-state index contributed by atoms with van der Waals surface area (Å²) in [6.45, 7) is 1.31. The van der Waals surface area contributed by atoms with Gasteiger partial charge in [0.15, 0.2) is 17.3 Å². The lowest BCUT2D eigenvalue weighted by Gasteiger charge is -2.17. The molecule has 0 heterocycles. The van der Waals surface area contributed by atoms with Crippen molar-refractivity contribution in [3.05, 3.63) is 17.7 Å². The number of aliphatic hydroxyl groups is 1. The van der Waals surface area contributed by atoms with Crippen molar-refractivity contribution in [2.75, 3.05) is 21.3 Å². The van der Waals surface area contributed by atoms with Gasteiger partial charge in [-0.15, -0.1) is 0 Å². The van der Waals surface area contributed by atoms with Crippen LogP contribution in [0.3, 0.4) is 0 Å². The first kappa shape index (κ1) is 13.3. The van der Waals surface area contributed by atoms with Crippen molar-refractivity contribution < 1.29 is 24.1 Å². The van der Waals surface area contributed by atoms with E-state index < -0.39 is 6.10 Å². The lowest BCUT2D eigenvalue weighted by atomic mass is 10.0. The van der Waals surface area contributed by atoms with E-state index in [1.54, 1.807) is 12.1 Å². The zero-order valence-electron chi connectivity index (χ0n) is 10.3. The average Bonchev–Trinajstić information content (AvgIpc) is 2.35. The number of benzene rings is 1. The van der Waals surface area contributed by atoms with E-state index in [-0.39, 0.29) is 5.78 Å². The van der Waals surface area contributed by atoms with Gasteiger partial charge in [0.25, 0.3) is 0 Å². The summed E-state index contributed by atoms with van der Waals surface area (Å²) in [5.41, 5.74) is 0.359. The van der Waals surface area contributed by atoms with E-state index >= 15 is 0 Å². The molecule has 0 aliphatic carbocycles. The molecule has 1 aromatic carbocycles. The van der Waals surface area contributed by atoms with E-state index in [1.807, 2.05) is 0 Å². The van der Waals surface area contributed by atoms with Gasteiger partial charge in [-0.1, -0.05) is 0 Å². The summed E-state index contributed by atoms with van der Waals surface area (Å²) in [5.74, 6) is 0.765. The number of carbonyl (C=O) groups is 1. The standard InChI is InChI=1S/C12H16O5/c1-7(13)10(14)8-5-6-9(15-2)12(17-4)11(8)16-3/h5-6,10,14H,1-4H3. The minimum atomic E-state index is -1.23. The van der Waals surface area contributed by atoms with Crippen LogP contribution in [0.4, 0.5) is 0 Å². The number of ketones is 1. The molecule has 0 fully saturated rings. The van der Waals surface area contributed by atoms with Gasteiger partial charge in [-0.05, 0) is 19.1 Å². The van der Waals surface area contributed by atoms with Gasteiger partial charge < -0.3 is 19.3 Å². The number of hydrogen-bond donors (Lipinski definition) is 1. The Balaban J connectivity index is 3.37. The van der Waals surface area contributed by atoms with Crippen molar-refractivity contribution in [3.8, 4) is 17.2 Å². The SMILES string of the molecule is COc1ccc(C(O)C(C)=O)c(OC)c1OC. The molecule has 0 saturated heterocycles. The number of ether oxygens (including phenoxy) is 3. The molecule has 0 aromatic heterocycles. The molecule has 1 aromatic rings. The second-order valence-electron chi connectivity index (χ2n) is 3.44. The van der Waals surface area contributed by atoms with Gasteiger partial charge in [-0.3, -0.25) is 4.79 Å². The zero-order chi connectivity index (χ0) is 13.0. The first-order valence-corrected chi connectivity index (χ1v) is 5.04. The molecule has 5 nitrogen and oxygen atoms in total. The summed E-state index contributed by atoms with van der Waals surface area (Å²) in [5, 5.41) is 9.77. The molecule has 1 atom stereocenters. The Morgan fingerprint density at radius 3 is 2.12 bits per heavy atom. The third kappa shape index (κ3) is 2.50. The minimum Gasteiger partial charge on any atom is -0.493 e. The summed E-state index contributed by atoms with van der Waals surface area (Å²) in [4.78, 5) is 11.2. The molecule has 1 unspecified atom stereocenters. The van der Waals surface area contributed by atoms with Crippen molar-refractivity contribution in [2.24, 2.45) is 0 Å². The van der Waals surface area contributed by atoms with Crippen LogP contribution < -0.4 is 14.2 Å². The Hall–Kier alpha value is -1.75. The van der Waals surface area contributed by atoms with Crippen LogP contribution in [0.15, 0.2) is 12.1 Å². The van der Waals surface area contributed by atoms with Crippen LogP contribution in [-0.2, 0) is 4.79 Å². The monoisotopic (exact) mass is 240 g/mol. The second kappa shape index (κ2) is 5.54. The van der Waals surface area contributed by atoms with E-state index in [2.05, 4.69) is 0 Å². The van der Waals surface area contributed by atoms with E-state index in [9.17, 15) is 9.90 Å². The lowest BCUT2D eigenvalue weighted by molar-refractivity contribution is -0.125. The van der Waals surface area contributed by atoms with Crippen LogP contribution >= 0.6 is 0 Å². The smallest absolute Gasteiger partial charge is 0.203 e. The van der Waals surface area contributed by atoms with Crippen molar-refractivity contribution in [2.45, 2.75) is 13.0 Å². The maximum Gasteiger partial charge on any atom is 0.203 e. The van der Waals surface area contributed by atoms with E-state index in [1.165, 1.54) is 28.3 Å². The number of methoxy groups -OCH3 is 3. The fourth-order valence-corrected chi connectivity index (χ4v) is 1.56. The Morgan fingerprint density at radius 1 is 1.12 bits per heavy atom. The number of rotatable bonds is 5. The molecule has 5 heteroatoms. The van der Waals surface area contributed by atoms with Gasteiger partial charge in [0.1, 0.15) is 6.10 Å². The Labute approximate surface area is 99.9 Å². The number of aliphatic hydroxyl groups excluding tert-OH is 1. The van der Waals surface area contributed by atoms with Crippen molar-refractivity contribution in [3.63, 3.8) is 0 Å². The fourth-order valence-electron chi connectivity index (χ4n) is 1.56. The first-order chi connectivity index (χ1) is 8.06. The van der Waals surface area contributed by atoms with E-state index in [0.717, 1.165) is 0 Å². The highest BCUT2D eigenvalue weighted by atomic mass is 16.5. The first-order valence-electron chi connectivity index (χ1n) is 5.04. The third-order valence-corrected chi connectivity index (χ3v) is 2.41. The van der Waals surface area contributed by atoms with Crippen LogP contribution in [0.5, 0.6) is 17.2 Å². The number of carbonyl (C=O) groups excluding carboxylic acids is 1. The van der Waals surface area contributed by atoms with Crippen LogP contribution in [0.25, 0.3) is 0 Å². The fraction of sp³-hybridized carbons (Fsp3) is 0.417. The van der Waals surface area contributed by atoms with Gasteiger partial charge in [0, 0.05) is 5.56 Å². The third-order valence-electron chi connectivity index (χ3n) is 2.41. The molecule has 1 rings (SSSR count). The maximum atomic E-state index is 11.2. The molecule has 0 aliphatic heterocycles. The van der Waals surface area contributed by atoms with Crippen molar-refractivity contribution >= 4 is 5.78 Å². The largest absolute Gasteiger partial charge is 0.493 e. The normalized spacial score (nSPS) is 11.8. The van der Waals surface area contributed by atoms with Crippen LogP contribution in [0.2, 0.25) is 0 Å². The molecule has 0 spiro atoms. The quantitative estimate of drug-likeness (QED) is 0.841. The number of hydrogen-bond acceptors (Lipinski definition) is 5. The molecule has 0 saturated carbocycles. The minimum absolute atomic E-state index is 0.301. The van der Waals surface area contributed by atoms with Crippen molar-refractivity contribution in [1.82, 2.24) is 0 Å². The molecule has 0 bridgehead atoms. The predicted octanol–water partition coefficient (Wildman–Crippen LogP) is 1.33. The molecule has 1 N–H and O–H groups in total. The summed E-state index contributed by atoms with van der Waals surface area (Å²) < 4.78 is 15.4. The Bertz CT molecular complexity index is 414. The molecule has 0 radical (unpaired) electrons. The molecular formula is C12H16O5. The molecule has 17 heavy (non-hydrogen) atoms. The highest BCUT2D eigenvalue weighted by molar-refractivity contribution is 5.83. The topological polar surface area (TPSA) is 65.0 Å². The van der Waals surface area contributed by atoms with Gasteiger partial charge >= 0.3 is 0 Å².